The molecule has 1 fully saturated rings. The number of pyridine rings is 1. The first kappa shape index (κ1) is 17.2. The van der Waals surface area contributed by atoms with Crippen molar-refractivity contribution in [2.45, 2.75) is 32.4 Å². The Morgan fingerprint density at radius 2 is 2.11 bits per heavy atom. The Morgan fingerprint density at radius 1 is 1.19 bits per heavy atom. The SMILES string of the molecule is Cc1ccc(CN2CCC[C@H]2c2cnc(Nc3ccc(C#N)nc3)cn2)o1. The van der Waals surface area contributed by atoms with Gasteiger partial charge in [-0.25, -0.2) is 9.97 Å². The molecule has 1 aliphatic rings. The van der Waals surface area contributed by atoms with E-state index in [1.54, 1.807) is 24.5 Å². The van der Waals surface area contributed by atoms with Gasteiger partial charge in [-0.2, -0.15) is 5.26 Å². The van der Waals surface area contributed by atoms with E-state index < -0.39 is 0 Å². The highest BCUT2D eigenvalue weighted by Gasteiger charge is 2.28. The molecule has 1 N–H and O–H groups in total. The van der Waals surface area contributed by atoms with Crippen molar-refractivity contribution in [1.29, 1.82) is 5.26 Å². The molecule has 3 aromatic rings. The van der Waals surface area contributed by atoms with Crippen LogP contribution in [0.1, 0.15) is 41.8 Å². The molecule has 4 heterocycles. The Morgan fingerprint density at radius 3 is 2.78 bits per heavy atom. The van der Waals surface area contributed by atoms with E-state index in [9.17, 15) is 0 Å². The first-order chi connectivity index (χ1) is 13.2. The zero-order valence-corrected chi connectivity index (χ0v) is 15.1. The van der Waals surface area contributed by atoms with Crippen LogP contribution in [0.25, 0.3) is 0 Å². The summed E-state index contributed by atoms with van der Waals surface area (Å²) in [6.07, 6.45) is 7.39. The molecule has 0 bridgehead atoms. The molecule has 3 aromatic heterocycles. The fourth-order valence-corrected chi connectivity index (χ4v) is 3.38. The lowest BCUT2D eigenvalue weighted by atomic mass is 10.1. The Bertz CT molecular complexity index is 942. The van der Waals surface area contributed by atoms with Gasteiger partial charge in [0.2, 0.25) is 0 Å². The van der Waals surface area contributed by atoms with E-state index >= 15 is 0 Å². The largest absolute Gasteiger partial charge is 0.465 e. The second-order valence-corrected chi connectivity index (χ2v) is 6.64. The van der Waals surface area contributed by atoms with Crippen molar-refractivity contribution in [3.8, 4) is 6.07 Å². The van der Waals surface area contributed by atoms with Gasteiger partial charge in [0.1, 0.15) is 29.1 Å². The Balaban J connectivity index is 1.43. The normalized spacial score (nSPS) is 17.0. The van der Waals surface area contributed by atoms with E-state index in [1.165, 1.54) is 0 Å². The van der Waals surface area contributed by atoms with Gasteiger partial charge in [0.05, 0.1) is 42.6 Å². The number of nitrogens with zero attached hydrogens (tertiary/aromatic N) is 5. The van der Waals surface area contributed by atoms with Crippen molar-refractivity contribution in [3.05, 3.63) is 65.8 Å². The molecule has 1 aliphatic heterocycles. The maximum atomic E-state index is 8.80. The molecule has 0 spiro atoms. The lowest BCUT2D eigenvalue weighted by molar-refractivity contribution is 0.223. The van der Waals surface area contributed by atoms with Crippen LogP contribution in [-0.2, 0) is 6.54 Å². The predicted molar refractivity (Wildman–Crippen MR) is 100 cm³/mol. The molecule has 136 valence electrons. The smallest absolute Gasteiger partial charge is 0.148 e. The third-order valence-electron chi connectivity index (χ3n) is 4.68. The minimum absolute atomic E-state index is 0.258. The van der Waals surface area contributed by atoms with E-state index in [4.69, 9.17) is 9.68 Å². The van der Waals surface area contributed by atoms with Crippen LogP contribution in [0.15, 0.2) is 47.3 Å². The highest BCUT2D eigenvalue weighted by molar-refractivity contribution is 5.54. The van der Waals surface area contributed by atoms with Gasteiger partial charge in [0.25, 0.3) is 0 Å². The molecular formula is C20H20N6O. The van der Waals surface area contributed by atoms with Gasteiger partial charge in [-0.3, -0.25) is 9.88 Å². The highest BCUT2D eigenvalue weighted by Crippen LogP contribution is 2.32. The molecule has 4 rings (SSSR count). The van der Waals surface area contributed by atoms with E-state index in [1.807, 2.05) is 31.3 Å². The number of aromatic nitrogens is 3. The van der Waals surface area contributed by atoms with Crippen molar-refractivity contribution in [1.82, 2.24) is 19.9 Å². The van der Waals surface area contributed by atoms with E-state index in [-0.39, 0.29) is 6.04 Å². The van der Waals surface area contributed by atoms with Crippen LogP contribution in [0.3, 0.4) is 0 Å². The quantitative estimate of drug-likeness (QED) is 0.741. The third-order valence-corrected chi connectivity index (χ3v) is 4.68. The van der Waals surface area contributed by atoms with Crippen LogP contribution in [-0.4, -0.2) is 26.4 Å². The Labute approximate surface area is 157 Å². The molecule has 1 saturated heterocycles. The summed E-state index contributed by atoms with van der Waals surface area (Å²) in [4.78, 5) is 15.5. The second kappa shape index (κ2) is 7.56. The fraction of sp³-hybridized carbons (Fsp3) is 0.300. The Kier molecular flexibility index (Phi) is 4.81. The lowest BCUT2D eigenvalue weighted by Crippen LogP contribution is -2.23. The van der Waals surface area contributed by atoms with Gasteiger partial charge in [0, 0.05) is 0 Å². The standard InChI is InChI=1S/C20H20N6O/c1-14-4-7-17(27-14)13-26-8-2-3-19(26)18-11-24-20(12-23-18)25-16-6-5-15(9-21)22-10-16/h4-7,10-12,19H,2-3,8,13H2,1H3,(H,24,25)/t19-/m0/s1. The van der Waals surface area contributed by atoms with Crippen LogP contribution < -0.4 is 5.32 Å². The van der Waals surface area contributed by atoms with E-state index in [2.05, 4.69) is 25.2 Å². The summed E-state index contributed by atoms with van der Waals surface area (Å²) in [6.45, 7) is 3.78. The summed E-state index contributed by atoms with van der Waals surface area (Å²) >= 11 is 0. The number of nitrogens with one attached hydrogen (secondary N) is 1. The minimum Gasteiger partial charge on any atom is -0.465 e. The maximum Gasteiger partial charge on any atom is 0.148 e. The van der Waals surface area contributed by atoms with Gasteiger partial charge in [-0.05, 0) is 50.6 Å². The van der Waals surface area contributed by atoms with E-state index in [0.717, 1.165) is 48.8 Å². The van der Waals surface area contributed by atoms with Crippen molar-refractivity contribution in [2.75, 3.05) is 11.9 Å². The molecule has 0 aromatic carbocycles. The van der Waals surface area contributed by atoms with Gasteiger partial charge in [-0.1, -0.05) is 0 Å². The summed E-state index contributed by atoms with van der Waals surface area (Å²) in [5.74, 6) is 2.57. The molecule has 7 heteroatoms. The number of furan rings is 1. The molecule has 0 saturated carbocycles. The maximum absolute atomic E-state index is 8.80. The molecule has 7 nitrogen and oxygen atoms in total. The zero-order chi connectivity index (χ0) is 18.6. The average molecular weight is 360 g/mol. The summed E-state index contributed by atoms with van der Waals surface area (Å²) in [6, 6.07) is 9.76. The Hall–Kier alpha value is -3.24. The summed E-state index contributed by atoms with van der Waals surface area (Å²) < 4.78 is 5.72. The van der Waals surface area contributed by atoms with Crippen LogP contribution in [0.4, 0.5) is 11.5 Å². The topological polar surface area (TPSA) is 90.9 Å². The zero-order valence-electron chi connectivity index (χ0n) is 15.1. The van der Waals surface area contributed by atoms with Gasteiger partial charge >= 0.3 is 0 Å². The van der Waals surface area contributed by atoms with Crippen LogP contribution in [0, 0.1) is 18.3 Å². The number of rotatable bonds is 5. The third kappa shape index (κ3) is 3.96. The van der Waals surface area contributed by atoms with Crippen LogP contribution in [0.2, 0.25) is 0 Å². The first-order valence-electron chi connectivity index (χ1n) is 8.96. The molecule has 0 amide bonds. The molecule has 27 heavy (non-hydrogen) atoms. The van der Waals surface area contributed by atoms with E-state index in [0.29, 0.717) is 11.5 Å². The second-order valence-electron chi connectivity index (χ2n) is 6.64. The van der Waals surface area contributed by atoms with Crippen LogP contribution in [0.5, 0.6) is 0 Å². The van der Waals surface area contributed by atoms with Gasteiger partial charge in [-0.15, -0.1) is 0 Å². The molecule has 0 radical (unpaired) electrons. The fourth-order valence-electron chi connectivity index (χ4n) is 3.38. The molecular weight excluding hydrogens is 340 g/mol. The molecule has 0 unspecified atom stereocenters. The highest BCUT2D eigenvalue weighted by atomic mass is 16.3. The van der Waals surface area contributed by atoms with Crippen molar-refractivity contribution < 1.29 is 4.42 Å². The number of anilines is 2. The summed E-state index contributed by atoms with van der Waals surface area (Å²) in [5.41, 5.74) is 2.13. The minimum atomic E-state index is 0.258. The summed E-state index contributed by atoms with van der Waals surface area (Å²) in [7, 11) is 0. The predicted octanol–water partition coefficient (Wildman–Crippen LogP) is 3.73. The molecule has 1 atom stereocenters. The number of aryl methyl sites for hydroxylation is 1. The van der Waals surface area contributed by atoms with Crippen molar-refractivity contribution in [2.24, 2.45) is 0 Å². The van der Waals surface area contributed by atoms with Crippen molar-refractivity contribution in [3.63, 3.8) is 0 Å². The average Bonchev–Trinajstić information content (AvgIpc) is 3.32. The van der Waals surface area contributed by atoms with Crippen molar-refractivity contribution >= 4 is 11.5 Å². The number of hydrogen-bond acceptors (Lipinski definition) is 7. The van der Waals surface area contributed by atoms with Crippen LogP contribution >= 0.6 is 0 Å². The molecule has 0 aliphatic carbocycles. The number of likely N-dealkylation sites (tertiary alicyclic amines) is 1. The number of nitriles is 1. The first-order valence-corrected chi connectivity index (χ1v) is 8.96. The van der Waals surface area contributed by atoms with Gasteiger partial charge < -0.3 is 9.73 Å². The summed E-state index contributed by atoms with van der Waals surface area (Å²) in [5, 5.41) is 12.0. The monoisotopic (exact) mass is 360 g/mol. The van der Waals surface area contributed by atoms with Gasteiger partial charge in [0.15, 0.2) is 0 Å². The number of hydrogen-bond donors (Lipinski definition) is 1. The lowest BCUT2D eigenvalue weighted by Gasteiger charge is -2.22.